The van der Waals surface area contributed by atoms with Crippen LogP contribution in [-0.4, -0.2) is 0 Å². The van der Waals surface area contributed by atoms with Crippen molar-refractivity contribution >= 4 is 0 Å². The van der Waals surface area contributed by atoms with Crippen LogP contribution in [0.4, 0.5) is 0 Å². The molecule has 1 heteroatoms. The largest absolute Gasteiger partial charge is 0.402 e. The Labute approximate surface area is 115 Å². The standard InChI is InChI=1S/C17H35N/c1-3-5-6-7-8-9-10-11-12-13-14-16-17(18)15-4-2/h15H,3-14,16,18H2,1-2H3. The van der Waals surface area contributed by atoms with Crippen LogP contribution in [0.3, 0.4) is 0 Å². The topological polar surface area (TPSA) is 26.0 Å². The Balaban J connectivity index is 3.05. The second-order valence-corrected chi connectivity index (χ2v) is 5.47. The summed E-state index contributed by atoms with van der Waals surface area (Å²) in [6.45, 7) is 4.43. The van der Waals surface area contributed by atoms with Gasteiger partial charge in [0.15, 0.2) is 0 Å². The first kappa shape index (κ1) is 17.5. The van der Waals surface area contributed by atoms with E-state index in [1.54, 1.807) is 0 Å². The fourth-order valence-electron chi connectivity index (χ4n) is 2.36. The van der Waals surface area contributed by atoms with Crippen molar-refractivity contribution in [3.8, 4) is 0 Å². The minimum Gasteiger partial charge on any atom is -0.402 e. The van der Waals surface area contributed by atoms with Gasteiger partial charge in [0.1, 0.15) is 0 Å². The molecule has 0 fully saturated rings. The highest BCUT2D eigenvalue weighted by molar-refractivity contribution is 4.95. The Morgan fingerprint density at radius 3 is 1.61 bits per heavy atom. The number of allylic oxidation sites excluding steroid dienone is 2. The van der Waals surface area contributed by atoms with Gasteiger partial charge in [0, 0.05) is 5.70 Å². The highest BCUT2D eigenvalue weighted by Crippen LogP contribution is 2.12. The Morgan fingerprint density at radius 2 is 1.17 bits per heavy atom. The molecule has 0 saturated carbocycles. The molecular weight excluding hydrogens is 218 g/mol. The van der Waals surface area contributed by atoms with Crippen LogP contribution >= 0.6 is 0 Å². The number of hydrogen-bond acceptors (Lipinski definition) is 1. The van der Waals surface area contributed by atoms with Gasteiger partial charge in [-0.05, 0) is 19.3 Å². The Bertz CT molecular complexity index is 184. The maximum absolute atomic E-state index is 5.87. The summed E-state index contributed by atoms with van der Waals surface area (Å²) in [4.78, 5) is 0. The lowest BCUT2D eigenvalue weighted by Crippen LogP contribution is -1.96. The Kier molecular flexibility index (Phi) is 14.2. The number of nitrogens with two attached hydrogens (primary N) is 1. The summed E-state index contributed by atoms with van der Waals surface area (Å²) >= 11 is 0. The molecule has 0 aromatic heterocycles. The molecule has 1 nitrogen and oxygen atoms in total. The van der Waals surface area contributed by atoms with Crippen LogP contribution in [0, 0.1) is 0 Å². The average Bonchev–Trinajstić information content (AvgIpc) is 2.36. The van der Waals surface area contributed by atoms with Crippen molar-refractivity contribution < 1.29 is 0 Å². The van der Waals surface area contributed by atoms with Crippen LogP contribution in [0.2, 0.25) is 0 Å². The summed E-state index contributed by atoms with van der Waals surface area (Å²) in [5.74, 6) is 0. The monoisotopic (exact) mass is 253 g/mol. The van der Waals surface area contributed by atoms with Gasteiger partial charge in [-0.15, -0.1) is 0 Å². The third kappa shape index (κ3) is 13.6. The van der Waals surface area contributed by atoms with Gasteiger partial charge >= 0.3 is 0 Å². The Hall–Kier alpha value is -0.460. The van der Waals surface area contributed by atoms with E-state index >= 15 is 0 Å². The van der Waals surface area contributed by atoms with E-state index in [1.165, 1.54) is 70.6 Å². The summed E-state index contributed by atoms with van der Waals surface area (Å²) in [5, 5.41) is 0. The molecule has 0 rings (SSSR count). The highest BCUT2D eigenvalue weighted by atomic mass is 14.6. The van der Waals surface area contributed by atoms with Crippen molar-refractivity contribution in [1.29, 1.82) is 0 Å². The SMILES string of the molecule is CCC=C(N)CCCCCCCCCCCCC. The average molecular weight is 253 g/mol. The summed E-state index contributed by atoms with van der Waals surface area (Å²) < 4.78 is 0. The van der Waals surface area contributed by atoms with E-state index in [0.717, 1.165) is 18.5 Å². The van der Waals surface area contributed by atoms with Gasteiger partial charge in [-0.25, -0.2) is 0 Å². The number of unbranched alkanes of at least 4 members (excludes halogenated alkanes) is 10. The van der Waals surface area contributed by atoms with Gasteiger partial charge < -0.3 is 5.73 Å². The smallest absolute Gasteiger partial charge is 0.00398 e. The lowest BCUT2D eigenvalue weighted by atomic mass is 10.0. The number of rotatable bonds is 13. The first-order valence-corrected chi connectivity index (χ1v) is 8.25. The maximum Gasteiger partial charge on any atom is 0.00398 e. The molecule has 0 saturated heterocycles. The minimum absolute atomic E-state index is 1.07. The molecule has 0 aromatic carbocycles. The van der Waals surface area contributed by atoms with Gasteiger partial charge in [0.05, 0.1) is 0 Å². The minimum atomic E-state index is 1.07. The normalized spacial score (nSPS) is 12.0. The molecule has 2 N–H and O–H groups in total. The van der Waals surface area contributed by atoms with Crippen molar-refractivity contribution in [2.24, 2.45) is 5.73 Å². The van der Waals surface area contributed by atoms with Crippen molar-refractivity contribution in [2.45, 2.75) is 97.3 Å². The molecule has 0 unspecified atom stereocenters. The molecule has 0 spiro atoms. The van der Waals surface area contributed by atoms with Crippen LogP contribution in [0.5, 0.6) is 0 Å². The number of hydrogen-bond donors (Lipinski definition) is 1. The fraction of sp³-hybridized carbons (Fsp3) is 0.882. The third-order valence-corrected chi connectivity index (χ3v) is 3.54. The van der Waals surface area contributed by atoms with E-state index in [0.29, 0.717) is 0 Å². The van der Waals surface area contributed by atoms with Crippen LogP contribution in [0.15, 0.2) is 11.8 Å². The molecule has 0 radical (unpaired) electrons. The van der Waals surface area contributed by atoms with Gasteiger partial charge in [0.25, 0.3) is 0 Å². The van der Waals surface area contributed by atoms with Gasteiger partial charge in [-0.2, -0.15) is 0 Å². The lowest BCUT2D eigenvalue weighted by Gasteiger charge is -2.03. The van der Waals surface area contributed by atoms with Crippen LogP contribution in [-0.2, 0) is 0 Å². The second-order valence-electron chi connectivity index (χ2n) is 5.47. The lowest BCUT2D eigenvalue weighted by molar-refractivity contribution is 0.549. The van der Waals surface area contributed by atoms with E-state index in [-0.39, 0.29) is 0 Å². The van der Waals surface area contributed by atoms with Gasteiger partial charge in [0.2, 0.25) is 0 Å². The molecule has 0 bridgehead atoms. The Morgan fingerprint density at radius 1 is 0.722 bits per heavy atom. The quantitative estimate of drug-likeness (QED) is 0.404. The van der Waals surface area contributed by atoms with E-state index in [9.17, 15) is 0 Å². The molecule has 18 heavy (non-hydrogen) atoms. The molecule has 0 amide bonds. The van der Waals surface area contributed by atoms with Gasteiger partial charge in [-0.3, -0.25) is 0 Å². The molecule has 0 heterocycles. The molecule has 0 aromatic rings. The first-order chi connectivity index (χ1) is 8.81. The first-order valence-electron chi connectivity index (χ1n) is 8.25. The third-order valence-electron chi connectivity index (χ3n) is 3.54. The summed E-state index contributed by atoms with van der Waals surface area (Å²) in [5.41, 5.74) is 6.96. The van der Waals surface area contributed by atoms with Gasteiger partial charge in [-0.1, -0.05) is 84.1 Å². The summed E-state index contributed by atoms with van der Waals surface area (Å²) in [7, 11) is 0. The maximum atomic E-state index is 5.87. The van der Waals surface area contributed by atoms with Crippen molar-refractivity contribution in [3.63, 3.8) is 0 Å². The zero-order chi connectivity index (χ0) is 13.5. The predicted molar refractivity (Wildman–Crippen MR) is 83.6 cm³/mol. The predicted octanol–water partition coefficient (Wildman–Crippen LogP) is 5.94. The highest BCUT2D eigenvalue weighted by Gasteiger charge is 1.94. The van der Waals surface area contributed by atoms with Crippen LogP contribution in [0.25, 0.3) is 0 Å². The van der Waals surface area contributed by atoms with E-state index in [4.69, 9.17) is 5.73 Å². The van der Waals surface area contributed by atoms with Crippen LogP contribution in [0.1, 0.15) is 97.3 Å². The molecular formula is C17H35N. The second kappa shape index (κ2) is 14.6. The molecule has 0 aliphatic carbocycles. The molecule has 0 aliphatic heterocycles. The zero-order valence-electron chi connectivity index (χ0n) is 12.8. The summed E-state index contributed by atoms with van der Waals surface area (Å²) in [6, 6.07) is 0. The van der Waals surface area contributed by atoms with Crippen molar-refractivity contribution in [2.75, 3.05) is 0 Å². The van der Waals surface area contributed by atoms with Crippen LogP contribution < -0.4 is 5.73 Å². The summed E-state index contributed by atoms with van der Waals surface area (Å²) in [6.07, 6.45) is 19.8. The molecule has 108 valence electrons. The fourth-order valence-corrected chi connectivity index (χ4v) is 2.36. The van der Waals surface area contributed by atoms with Crippen molar-refractivity contribution in [3.05, 3.63) is 11.8 Å². The molecule has 0 aliphatic rings. The molecule has 0 atom stereocenters. The van der Waals surface area contributed by atoms with E-state index < -0.39 is 0 Å². The van der Waals surface area contributed by atoms with E-state index in [2.05, 4.69) is 19.9 Å². The van der Waals surface area contributed by atoms with E-state index in [1.807, 2.05) is 0 Å². The zero-order valence-corrected chi connectivity index (χ0v) is 12.8. The van der Waals surface area contributed by atoms with Crippen molar-refractivity contribution in [1.82, 2.24) is 0 Å².